The van der Waals surface area contributed by atoms with Crippen molar-refractivity contribution in [1.29, 1.82) is 0 Å². The maximum atomic E-state index is 8.55. The molecule has 0 bridgehead atoms. The van der Waals surface area contributed by atoms with E-state index in [2.05, 4.69) is 0 Å². The fourth-order valence-corrected chi connectivity index (χ4v) is 0. The van der Waals surface area contributed by atoms with Gasteiger partial charge in [-0.25, -0.2) is 0 Å². The van der Waals surface area contributed by atoms with Crippen molar-refractivity contribution in [2.45, 2.75) is 0 Å². The van der Waals surface area contributed by atoms with Gasteiger partial charge in [0.2, 0.25) is 0 Å². The highest BCUT2D eigenvalue weighted by Crippen LogP contribution is 2.03. The molecule has 0 unspecified atom stereocenters. The molecular weight excluding hydrogens is 197 g/mol. The van der Waals surface area contributed by atoms with Gasteiger partial charge in [-0.15, -0.1) is 5.34 Å². The number of phosphoric acid groups is 1. The smallest absolute Gasteiger partial charge is 0.112 e. The van der Waals surface area contributed by atoms with Crippen LogP contribution in [0.1, 0.15) is 0 Å². The van der Waals surface area contributed by atoms with Crippen LogP contribution in [0.5, 0.6) is 0 Å². The molecule has 0 amide bonds. The van der Waals surface area contributed by atoms with Gasteiger partial charge in [-0.05, 0) is 0 Å². The molecule has 0 rings (SSSR count). The average Bonchev–Trinajstić information content (AvgIpc) is 1.27. The van der Waals surface area contributed by atoms with Crippen molar-refractivity contribution in [3.8, 4) is 0 Å². The van der Waals surface area contributed by atoms with Crippen LogP contribution in [-0.4, -0.2) is 0 Å². The van der Waals surface area contributed by atoms with Crippen molar-refractivity contribution < 1.29 is 19.2 Å². The van der Waals surface area contributed by atoms with Gasteiger partial charge in [0.25, 0.3) is 0 Å². The average molecular weight is 213 g/mol. The molecule has 0 saturated carbocycles. The molecule has 0 aromatic carbocycles. The van der Waals surface area contributed by atoms with E-state index < -0.39 is 7.82 Å². The maximum Gasteiger partial charge on any atom is -0.112 e. The first kappa shape index (κ1) is 42.5. The topological polar surface area (TPSA) is 285 Å². The molecule has 0 aromatic rings. The summed E-state index contributed by atoms with van der Waals surface area (Å²) in [5.74, 6) is 0. The summed E-state index contributed by atoms with van der Waals surface area (Å²) in [6.07, 6.45) is 0. The van der Waals surface area contributed by atoms with Crippen molar-refractivity contribution in [2.75, 3.05) is 0 Å². The Bertz CT molecular complexity index is 89.8. The molecule has 0 aliphatic carbocycles. The maximum absolute atomic E-state index is 8.55. The van der Waals surface area contributed by atoms with Gasteiger partial charge in [-0.1, -0.05) is 0 Å². The first-order valence-corrected chi connectivity index (χ1v) is 2.56. The molecule has 0 atom stereocenters. The second-order valence-electron chi connectivity index (χ2n) is 0.522. The molecule has 12 heteroatoms. The lowest BCUT2D eigenvalue weighted by molar-refractivity contribution is -0.432. The van der Waals surface area contributed by atoms with Crippen LogP contribution in [0.4, 0.5) is 0 Å². The molecule has 0 aliphatic heterocycles. The van der Waals surface area contributed by atoms with Gasteiger partial charge in [-0.2, -0.15) is 7.82 Å². The predicted octanol–water partition coefficient (Wildman–Crippen LogP) is -1.07. The lowest BCUT2D eigenvalue weighted by Crippen LogP contribution is -2.24. The molecular formula is H16N5O6P. The van der Waals surface area contributed by atoms with Crippen LogP contribution in [0.3, 0.4) is 0 Å². The number of quaternary nitrogens is 4. The molecule has 0 heterocycles. The third kappa shape index (κ3) is 1540. The van der Waals surface area contributed by atoms with E-state index in [0.717, 1.165) is 5.34 Å². The Balaban J connectivity index is -0.0000000119. The van der Waals surface area contributed by atoms with Crippen LogP contribution in [0.25, 0.3) is 0 Å². The van der Waals surface area contributed by atoms with E-state index >= 15 is 0 Å². The highest BCUT2D eigenvalue weighted by atomic mass is 31.2. The fourth-order valence-electron chi connectivity index (χ4n) is 0. The Morgan fingerprint density at radius 1 is 0.917 bits per heavy atom. The summed E-state index contributed by atoms with van der Waals surface area (Å²) < 4.78 is 8.55. The Kier molecular flexibility index (Phi) is 79.4. The van der Waals surface area contributed by atoms with Crippen LogP contribution in [-0.2, 0) is 4.57 Å². The van der Waals surface area contributed by atoms with Gasteiger partial charge >= 0.3 is 0 Å². The van der Waals surface area contributed by atoms with Crippen molar-refractivity contribution in [3.63, 3.8) is 0 Å². The van der Waals surface area contributed by atoms with Crippen molar-refractivity contribution in [3.05, 3.63) is 10.1 Å². The quantitative estimate of drug-likeness (QED) is 0.220. The third-order valence-electron chi connectivity index (χ3n) is 0. The van der Waals surface area contributed by atoms with Gasteiger partial charge in [0, 0.05) is 0 Å². The number of nitrogens with zero attached hydrogens (tertiary/aromatic N) is 1. The predicted molar refractivity (Wildman–Crippen MR) is 40.7 cm³/mol. The van der Waals surface area contributed by atoms with E-state index in [4.69, 9.17) is 29.4 Å². The minimum Gasteiger partial charge on any atom is -0.822 e. The Morgan fingerprint density at radius 2 is 0.917 bits per heavy atom. The molecule has 0 aromatic heterocycles. The molecule has 0 fully saturated rings. The van der Waals surface area contributed by atoms with E-state index in [0.29, 0.717) is 0 Å². The van der Waals surface area contributed by atoms with Crippen LogP contribution in [0, 0.1) is 10.1 Å². The Hall–Kier alpha value is -0.650. The number of hydrogen-bond acceptors (Lipinski definition) is 7. The standard InChI is InChI=1S/HNO2.4H3N.H3O4P/c2-1-3;;;;;1-5(2,3)4/h(H,2,3);4*1H3;(H3,1,2,3,4). The first-order chi connectivity index (χ1) is 3.41. The Labute approximate surface area is 68.3 Å². The van der Waals surface area contributed by atoms with Gasteiger partial charge < -0.3 is 54.0 Å². The van der Waals surface area contributed by atoms with Gasteiger partial charge in [-0.3, -0.25) is 0 Å². The zero-order chi connectivity index (χ0) is 7.21. The molecule has 0 spiro atoms. The largest absolute Gasteiger partial charge is 0.822 e. The van der Waals surface area contributed by atoms with Crippen LogP contribution >= 0.6 is 7.82 Å². The molecule has 16 N–H and O–H groups in total. The minimum atomic E-state index is -5.39. The third-order valence-corrected chi connectivity index (χ3v) is 0. The van der Waals surface area contributed by atoms with Gasteiger partial charge in [0.1, 0.15) is 0 Å². The summed E-state index contributed by atoms with van der Waals surface area (Å²) in [5, 5.41) is 9.00. The SMILES string of the molecule is O=N[O-].O=P([O-])([O-])[O-].[NH4+].[NH4+].[NH4+].[NH4+]. The van der Waals surface area contributed by atoms with Gasteiger partial charge in [0.15, 0.2) is 0 Å². The number of rotatable bonds is 0. The first-order valence-electron chi connectivity index (χ1n) is 1.10. The second-order valence-corrected chi connectivity index (χ2v) is 1.42. The van der Waals surface area contributed by atoms with E-state index in [1.54, 1.807) is 0 Å². The summed E-state index contributed by atoms with van der Waals surface area (Å²) in [7, 11) is -5.39. The molecule has 12 heavy (non-hydrogen) atoms. The summed E-state index contributed by atoms with van der Waals surface area (Å²) >= 11 is 0. The van der Waals surface area contributed by atoms with Crippen molar-refractivity contribution in [1.82, 2.24) is 24.6 Å². The van der Waals surface area contributed by atoms with E-state index in [-0.39, 0.29) is 24.6 Å². The Morgan fingerprint density at radius 3 is 0.917 bits per heavy atom. The summed E-state index contributed by atoms with van der Waals surface area (Å²) in [6, 6.07) is 0. The molecule has 0 aliphatic rings. The fraction of sp³-hybridized carbons (Fsp3) is 0. The minimum absolute atomic E-state index is 0. The van der Waals surface area contributed by atoms with Crippen LogP contribution < -0.4 is 39.3 Å². The number of hydrogen-bond donors (Lipinski definition) is 4. The summed E-state index contributed by atoms with van der Waals surface area (Å²) in [4.78, 5) is 33.6. The molecule has 11 nitrogen and oxygen atoms in total. The van der Waals surface area contributed by atoms with E-state index in [1.807, 2.05) is 0 Å². The van der Waals surface area contributed by atoms with E-state index in [9.17, 15) is 0 Å². The van der Waals surface area contributed by atoms with E-state index in [1.165, 1.54) is 0 Å². The van der Waals surface area contributed by atoms with Crippen molar-refractivity contribution in [2.24, 2.45) is 5.34 Å². The second kappa shape index (κ2) is 22.4. The van der Waals surface area contributed by atoms with Crippen LogP contribution in [0.15, 0.2) is 5.34 Å². The van der Waals surface area contributed by atoms with Gasteiger partial charge in [0.05, 0.1) is 0 Å². The highest BCUT2D eigenvalue weighted by Gasteiger charge is 1.44. The zero-order valence-electron chi connectivity index (χ0n) is 7.34. The van der Waals surface area contributed by atoms with Crippen molar-refractivity contribution >= 4 is 7.82 Å². The highest BCUT2D eigenvalue weighted by molar-refractivity contribution is 7.40. The zero-order valence-corrected chi connectivity index (χ0v) is 8.24. The summed E-state index contributed by atoms with van der Waals surface area (Å²) in [6.45, 7) is 0. The molecule has 0 radical (unpaired) electrons. The lowest BCUT2D eigenvalue weighted by Gasteiger charge is -2.36. The molecule has 82 valence electrons. The monoisotopic (exact) mass is 213 g/mol. The normalized spacial score (nSPS) is 5.92. The lowest BCUT2D eigenvalue weighted by atomic mass is 13.4. The summed E-state index contributed by atoms with van der Waals surface area (Å²) in [5.41, 5.74) is 0. The molecule has 0 saturated heterocycles. The van der Waals surface area contributed by atoms with Crippen LogP contribution in [0.2, 0.25) is 0 Å².